The number of hydrogen-bond donors (Lipinski definition) is 1. The summed E-state index contributed by atoms with van der Waals surface area (Å²) in [5, 5.41) is 14.8. The summed E-state index contributed by atoms with van der Waals surface area (Å²) in [5.41, 5.74) is 1.69. The second-order valence-electron chi connectivity index (χ2n) is 5.54. The third-order valence-corrected chi connectivity index (χ3v) is 4.07. The van der Waals surface area contributed by atoms with Crippen molar-refractivity contribution < 1.29 is 23.0 Å². The number of isothiocyanates is 1. The van der Waals surface area contributed by atoms with Crippen molar-refractivity contribution in [3.05, 3.63) is 46.3 Å². The van der Waals surface area contributed by atoms with E-state index in [4.69, 9.17) is 4.74 Å². The minimum Gasteiger partial charge on any atom is -0.466 e. The number of rotatable bonds is 5. The fraction of sp³-hybridized carbons (Fsp3) is 0.278. The van der Waals surface area contributed by atoms with Gasteiger partial charge in [-0.1, -0.05) is 0 Å². The number of ether oxygens (including phenoxy) is 2. The Labute approximate surface area is 159 Å². The van der Waals surface area contributed by atoms with E-state index in [9.17, 15) is 18.8 Å². The van der Waals surface area contributed by atoms with Crippen LogP contribution in [0.3, 0.4) is 0 Å². The number of benzene rings is 1. The van der Waals surface area contributed by atoms with Crippen molar-refractivity contribution in [1.29, 1.82) is 5.26 Å². The monoisotopic (exact) mass is 391 g/mol. The van der Waals surface area contributed by atoms with Crippen molar-refractivity contribution in [3.63, 3.8) is 0 Å². The second kappa shape index (κ2) is 8.54. The van der Waals surface area contributed by atoms with E-state index in [2.05, 4.69) is 32.4 Å². The Hall–Kier alpha value is -3.08. The largest absolute Gasteiger partial charge is 0.466 e. The first kappa shape index (κ1) is 20.2. The van der Waals surface area contributed by atoms with E-state index in [1.165, 1.54) is 25.3 Å². The van der Waals surface area contributed by atoms with Gasteiger partial charge in [0.1, 0.15) is 5.75 Å². The molecule has 0 aliphatic carbocycles. The van der Waals surface area contributed by atoms with Crippen LogP contribution in [0.4, 0.5) is 14.5 Å². The third-order valence-electron chi connectivity index (χ3n) is 3.98. The SMILES string of the molecule is COC(=O)C1=C(C)NC(C)=C(C#N)C1c1cc(N=C=S)ccc1OC(F)F. The molecule has 1 unspecified atom stereocenters. The lowest BCUT2D eigenvalue weighted by atomic mass is 9.80. The minimum atomic E-state index is -3.09. The van der Waals surface area contributed by atoms with Crippen LogP contribution in [0.1, 0.15) is 25.3 Å². The van der Waals surface area contributed by atoms with Gasteiger partial charge in [0, 0.05) is 17.0 Å². The van der Waals surface area contributed by atoms with Crippen molar-refractivity contribution in [2.24, 2.45) is 4.99 Å². The number of thiocarbonyl (C=S) groups is 1. The van der Waals surface area contributed by atoms with Gasteiger partial charge in [0.2, 0.25) is 0 Å². The molecule has 9 heteroatoms. The number of nitrogens with zero attached hydrogens (tertiary/aromatic N) is 2. The van der Waals surface area contributed by atoms with Crippen LogP contribution >= 0.6 is 12.2 Å². The molecule has 140 valence electrons. The number of allylic oxidation sites excluding steroid dienone is 3. The number of nitrogens with one attached hydrogen (secondary N) is 1. The van der Waals surface area contributed by atoms with Crippen molar-refractivity contribution in [2.45, 2.75) is 26.4 Å². The lowest BCUT2D eigenvalue weighted by Crippen LogP contribution is -2.28. The maximum absolute atomic E-state index is 12.9. The van der Waals surface area contributed by atoms with E-state index >= 15 is 0 Å². The maximum atomic E-state index is 12.9. The summed E-state index contributed by atoms with van der Waals surface area (Å²) in [7, 11) is 1.19. The molecule has 0 spiro atoms. The molecule has 0 fully saturated rings. The molecule has 1 atom stereocenters. The van der Waals surface area contributed by atoms with Crippen LogP contribution in [0.5, 0.6) is 5.75 Å². The molecule has 0 amide bonds. The van der Waals surface area contributed by atoms with Gasteiger partial charge < -0.3 is 14.8 Å². The van der Waals surface area contributed by atoms with Gasteiger partial charge in [-0.05, 0) is 44.3 Å². The summed E-state index contributed by atoms with van der Waals surface area (Å²) in [6.45, 7) is 0.187. The number of dihydropyridines is 1. The number of hydrogen-bond acceptors (Lipinski definition) is 7. The van der Waals surface area contributed by atoms with Gasteiger partial charge >= 0.3 is 12.6 Å². The fourth-order valence-electron chi connectivity index (χ4n) is 2.92. The number of esters is 1. The van der Waals surface area contributed by atoms with Crippen LogP contribution in [0.15, 0.2) is 45.7 Å². The van der Waals surface area contributed by atoms with E-state index in [0.717, 1.165) is 0 Å². The number of aliphatic imine (C=N–C) groups is 1. The van der Waals surface area contributed by atoms with Crippen molar-refractivity contribution in [3.8, 4) is 11.8 Å². The number of carbonyl (C=O) groups is 1. The fourth-order valence-corrected chi connectivity index (χ4v) is 3.03. The smallest absolute Gasteiger partial charge is 0.387 e. The van der Waals surface area contributed by atoms with Gasteiger partial charge in [-0.25, -0.2) is 4.79 Å². The molecular weight excluding hydrogens is 376 g/mol. The number of carbonyl (C=O) groups excluding carboxylic acids is 1. The molecule has 0 saturated carbocycles. The minimum absolute atomic E-state index is 0.113. The molecule has 0 radical (unpaired) electrons. The molecular formula is C18H15F2N3O3S. The second-order valence-corrected chi connectivity index (χ2v) is 5.73. The summed E-state index contributed by atoms with van der Waals surface area (Å²) >= 11 is 4.58. The average molecular weight is 391 g/mol. The van der Waals surface area contributed by atoms with Gasteiger partial charge in [-0.3, -0.25) is 0 Å². The van der Waals surface area contributed by atoms with Crippen molar-refractivity contribution in [2.75, 3.05) is 7.11 Å². The number of nitriles is 1. The molecule has 0 saturated heterocycles. The highest BCUT2D eigenvalue weighted by molar-refractivity contribution is 7.78. The zero-order valence-corrected chi connectivity index (χ0v) is 15.5. The van der Waals surface area contributed by atoms with Crippen LogP contribution in [-0.4, -0.2) is 24.9 Å². The van der Waals surface area contributed by atoms with E-state index in [-0.39, 0.29) is 22.5 Å². The molecule has 6 nitrogen and oxygen atoms in total. The molecule has 1 aliphatic heterocycles. The molecule has 1 aromatic rings. The summed E-state index contributed by atoms with van der Waals surface area (Å²) in [6.07, 6.45) is 0. The predicted octanol–water partition coefficient (Wildman–Crippen LogP) is 3.95. The molecule has 1 N–H and O–H groups in total. The zero-order chi connectivity index (χ0) is 20.1. The molecule has 27 heavy (non-hydrogen) atoms. The first-order valence-electron chi connectivity index (χ1n) is 7.67. The predicted molar refractivity (Wildman–Crippen MR) is 96.7 cm³/mol. The molecule has 0 aromatic heterocycles. The molecule has 1 aromatic carbocycles. The number of halogens is 2. The van der Waals surface area contributed by atoms with Gasteiger partial charge in [0.15, 0.2) is 0 Å². The van der Waals surface area contributed by atoms with Gasteiger partial charge in [0.25, 0.3) is 0 Å². The van der Waals surface area contributed by atoms with Crippen LogP contribution in [-0.2, 0) is 9.53 Å². The summed E-state index contributed by atoms with van der Waals surface area (Å²) in [5.74, 6) is -1.86. The summed E-state index contributed by atoms with van der Waals surface area (Å²) < 4.78 is 35.2. The Bertz CT molecular complexity index is 928. The molecule has 1 aliphatic rings. The van der Waals surface area contributed by atoms with E-state index in [0.29, 0.717) is 17.1 Å². The zero-order valence-electron chi connectivity index (χ0n) is 14.7. The Morgan fingerprint density at radius 3 is 2.63 bits per heavy atom. The highest BCUT2D eigenvalue weighted by Crippen LogP contribution is 2.43. The Morgan fingerprint density at radius 1 is 1.37 bits per heavy atom. The standard InChI is InChI=1S/C18H15F2N3O3S/c1-9-13(7-21)16(15(10(2)23-9)17(24)25-3)12-6-11(22-8-27)4-5-14(12)26-18(19)20/h4-6,16,18,23H,1-3H3. The summed E-state index contributed by atoms with van der Waals surface area (Å²) in [4.78, 5) is 16.2. The number of alkyl halides is 2. The first-order valence-corrected chi connectivity index (χ1v) is 8.08. The Kier molecular flexibility index (Phi) is 6.40. The highest BCUT2D eigenvalue weighted by atomic mass is 32.1. The quantitative estimate of drug-likeness (QED) is 0.465. The third kappa shape index (κ3) is 4.19. The number of methoxy groups -OCH3 is 1. The van der Waals surface area contributed by atoms with Crippen LogP contribution < -0.4 is 10.1 Å². The Morgan fingerprint density at radius 2 is 2.07 bits per heavy atom. The van der Waals surface area contributed by atoms with Crippen LogP contribution in [0.2, 0.25) is 0 Å². The molecule has 0 bridgehead atoms. The average Bonchev–Trinajstić information content (AvgIpc) is 2.61. The van der Waals surface area contributed by atoms with Crippen molar-refractivity contribution >= 4 is 29.0 Å². The van der Waals surface area contributed by atoms with Crippen LogP contribution in [0.25, 0.3) is 0 Å². The van der Waals surface area contributed by atoms with E-state index < -0.39 is 18.5 Å². The molecule has 2 rings (SSSR count). The van der Waals surface area contributed by atoms with E-state index in [1.807, 2.05) is 6.07 Å². The normalized spacial score (nSPS) is 16.4. The van der Waals surface area contributed by atoms with Crippen LogP contribution in [0, 0.1) is 11.3 Å². The highest BCUT2D eigenvalue weighted by Gasteiger charge is 2.36. The maximum Gasteiger partial charge on any atom is 0.387 e. The topological polar surface area (TPSA) is 83.7 Å². The van der Waals surface area contributed by atoms with Gasteiger partial charge in [-0.15, -0.1) is 0 Å². The van der Waals surface area contributed by atoms with Gasteiger partial charge in [-0.2, -0.15) is 19.0 Å². The Balaban J connectivity index is 2.80. The van der Waals surface area contributed by atoms with Gasteiger partial charge in [0.05, 0.1) is 41.1 Å². The van der Waals surface area contributed by atoms with Crippen molar-refractivity contribution in [1.82, 2.24) is 5.32 Å². The lowest BCUT2D eigenvalue weighted by Gasteiger charge is -2.29. The lowest BCUT2D eigenvalue weighted by molar-refractivity contribution is -0.136. The summed E-state index contributed by atoms with van der Waals surface area (Å²) in [6, 6.07) is 6.15. The first-order chi connectivity index (χ1) is 12.8. The van der Waals surface area contributed by atoms with E-state index in [1.54, 1.807) is 13.8 Å². The molecule has 1 heterocycles.